The van der Waals surface area contributed by atoms with Crippen LogP contribution in [0.1, 0.15) is 33.6 Å². The van der Waals surface area contributed by atoms with Crippen LogP contribution < -0.4 is 5.73 Å². The lowest BCUT2D eigenvalue weighted by molar-refractivity contribution is 0.149. The van der Waals surface area contributed by atoms with E-state index in [1.165, 1.54) is 12.8 Å². The Kier molecular flexibility index (Phi) is 3.53. The molecule has 1 aliphatic rings. The predicted molar refractivity (Wildman–Crippen MR) is 53.1 cm³/mol. The summed E-state index contributed by atoms with van der Waals surface area (Å²) < 4.78 is 0. The van der Waals surface area contributed by atoms with Gasteiger partial charge in [0.1, 0.15) is 0 Å². The monoisotopic (exact) mass is 170 g/mol. The van der Waals surface area contributed by atoms with Crippen LogP contribution in [-0.2, 0) is 0 Å². The molecule has 1 saturated carbocycles. The molecule has 1 aliphatic carbocycles. The lowest BCUT2D eigenvalue weighted by Gasteiger charge is -2.33. The summed E-state index contributed by atoms with van der Waals surface area (Å²) in [6.45, 7) is 8.71. The summed E-state index contributed by atoms with van der Waals surface area (Å²) in [6.07, 6.45) is 2.79. The van der Waals surface area contributed by atoms with Gasteiger partial charge in [0.15, 0.2) is 0 Å². The maximum atomic E-state index is 5.79. The number of hydrogen-bond donors (Lipinski definition) is 1. The van der Waals surface area contributed by atoms with Crippen LogP contribution in [0.25, 0.3) is 0 Å². The zero-order valence-corrected chi connectivity index (χ0v) is 8.59. The Labute approximate surface area is 76.1 Å². The number of likely N-dealkylation sites (N-methyl/N-ethyl adjacent to an activating group) is 1. The molecule has 2 N–H and O–H groups in total. The van der Waals surface area contributed by atoms with E-state index in [1.54, 1.807) is 0 Å². The number of rotatable bonds is 5. The molecule has 1 fully saturated rings. The van der Waals surface area contributed by atoms with Crippen molar-refractivity contribution in [2.75, 3.05) is 13.1 Å². The molecule has 1 unspecified atom stereocenters. The van der Waals surface area contributed by atoms with Gasteiger partial charge >= 0.3 is 0 Å². The molecule has 0 aliphatic heterocycles. The highest BCUT2D eigenvalue weighted by molar-refractivity contribution is 4.89. The summed E-state index contributed by atoms with van der Waals surface area (Å²) >= 11 is 0. The maximum Gasteiger partial charge on any atom is 0.0249 e. The van der Waals surface area contributed by atoms with E-state index < -0.39 is 0 Å². The average molecular weight is 170 g/mol. The first kappa shape index (κ1) is 10.0. The first-order chi connectivity index (χ1) is 5.70. The van der Waals surface area contributed by atoms with Crippen molar-refractivity contribution in [3.8, 4) is 0 Å². The molecule has 0 aromatic heterocycles. The van der Waals surface area contributed by atoms with Gasteiger partial charge < -0.3 is 5.73 Å². The SMILES string of the molecule is CCN(C(C)C)C(CN)C1CC1. The molecule has 0 radical (unpaired) electrons. The molecular weight excluding hydrogens is 148 g/mol. The molecule has 1 atom stereocenters. The summed E-state index contributed by atoms with van der Waals surface area (Å²) in [5, 5.41) is 0. The topological polar surface area (TPSA) is 29.3 Å². The number of nitrogens with two attached hydrogens (primary N) is 1. The molecule has 0 aromatic rings. The Morgan fingerprint density at radius 1 is 1.42 bits per heavy atom. The third kappa shape index (κ3) is 2.20. The second-order valence-corrected chi connectivity index (χ2v) is 4.06. The van der Waals surface area contributed by atoms with Crippen molar-refractivity contribution >= 4 is 0 Å². The fraction of sp³-hybridized carbons (Fsp3) is 1.00. The summed E-state index contributed by atoms with van der Waals surface area (Å²) in [7, 11) is 0. The van der Waals surface area contributed by atoms with Gasteiger partial charge in [-0.2, -0.15) is 0 Å². The van der Waals surface area contributed by atoms with E-state index in [0.29, 0.717) is 12.1 Å². The van der Waals surface area contributed by atoms with Gasteiger partial charge in [-0.15, -0.1) is 0 Å². The third-order valence-electron chi connectivity index (χ3n) is 2.86. The molecular formula is C10H22N2. The molecule has 0 saturated heterocycles. The minimum absolute atomic E-state index is 0.643. The van der Waals surface area contributed by atoms with Gasteiger partial charge in [-0.05, 0) is 39.2 Å². The molecule has 2 heteroatoms. The van der Waals surface area contributed by atoms with Crippen LogP contribution in [0.3, 0.4) is 0 Å². The van der Waals surface area contributed by atoms with Gasteiger partial charge in [0.05, 0.1) is 0 Å². The molecule has 12 heavy (non-hydrogen) atoms. The quantitative estimate of drug-likeness (QED) is 0.676. The first-order valence-electron chi connectivity index (χ1n) is 5.16. The Bertz CT molecular complexity index is 122. The summed E-state index contributed by atoms with van der Waals surface area (Å²) in [5.74, 6) is 0.900. The standard InChI is InChI=1S/C10H22N2/c1-4-12(8(2)3)10(7-11)9-5-6-9/h8-10H,4-7,11H2,1-3H3. The summed E-state index contributed by atoms with van der Waals surface area (Å²) in [4.78, 5) is 2.53. The van der Waals surface area contributed by atoms with E-state index in [2.05, 4.69) is 25.7 Å². The van der Waals surface area contributed by atoms with Crippen molar-refractivity contribution in [3.63, 3.8) is 0 Å². The highest BCUT2D eigenvalue weighted by Crippen LogP contribution is 2.35. The molecule has 0 heterocycles. The minimum Gasteiger partial charge on any atom is -0.329 e. The molecule has 0 bridgehead atoms. The summed E-state index contributed by atoms with van der Waals surface area (Å²) in [6, 6.07) is 1.29. The fourth-order valence-electron chi connectivity index (χ4n) is 2.06. The lowest BCUT2D eigenvalue weighted by Crippen LogP contribution is -2.45. The predicted octanol–water partition coefficient (Wildman–Crippen LogP) is 1.45. The molecule has 0 amide bonds. The van der Waals surface area contributed by atoms with Gasteiger partial charge in [0, 0.05) is 18.6 Å². The summed E-state index contributed by atoms with van der Waals surface area (Å²) in [5.41, 5.74) is 5.79. The van der Waals surface area contributed by atoms with Crippen LogP contribution in [-0.4, -0.2) is 30.1 Å². The Morgan fingerprint density at radius 3 is 2.25 bits per heavy atom. The molecule has 72 valence electrons. The van der Waals surface area contributed by atoms with E-state index in [9.17, 15) is 0 Å². The first-order valence-corrected chi connectivity index (χ1v) is 5.16. The van der Waals surface area contributed by atoms with E-state index >= 15 is 0 Å². The molecule has 0 aromatic carbocycles. The van der Waals surface area contributed by atoms with Gasteiger partial charge in [-0.25, -0.2) is 0 Å². The van der Waals surface area contributed by atoms with Crippen LogP contribution in [0.2, 0.25) is 0 Å². The van der Waals surface area contributed by atoms with E-state index in [0.717, 1.165) is 19.0 Å². The van der Waals surface area contributed by atoms with Gasteiger partial charge in [-0.3, -0.25) is 4.90 Å². The van der Waals surface area contributed by atoms with Crippen molar-refractivity contribution in [3.05, 3.63) is 0 Å². The maximum absolute atomic E-state index is 5.79. The molecule has 0 spiro atoms. The average Bonchev–Trinajstić information content (AvgIpc) is 2.81. The largest absolute Gasteiger partial charge is 0.329 e. The zero-order chi connectivity index (χ0) is 9.14. The van der Waals surface area contributed by atoms with Crippen molar-refractivity contribution in [2.45, 2.75) is 45.7 Å². The minimum atomic E-state index is 0.643. The van der Waals surface area contributed by atoms with Gasteiger partial charge in [0.2, 0.25) is 0 Å². The Hall–Kier alpha value is -0.0800. The molecule has 1 rings (SSSR count). The second kappa shape index (κ2) is 4.24. The Balaban J connectivity index is 2.47. The van der Waals surface area contributed by atoms with E-state index in [-0.39, 0.29) is 0 Å². The van der Waals surface area contributed by atoms with Crippen molar-refractivity contribution in [1.82, 2.24) is 4.90 Å². The van der Waals surface area contributed by atoms with Gasteiger partial charge in [0.25, 0.3) is 0 Å². The highest BCUT2D eigenvalue weighted by Gasteiger charge is 2.34. The second-order valence-electron chi connectivity index (χ2n) is 4.06. The molecule has 2 nitrogen and oxygen atoms in total. The Morgan fingerprint density at radius 2 is 2.00 bits per heavy atom. The van der Waals surface area contributed by atoms with Crippen LogP contribution in [0.5, 0.6) is 0 Å². The normalized spacial score (nSPS) is 20.5. The van der Waals surface area contributed by atoms with Crippen LogP contribution in [0.15, 0.2) is 0 Å². The highest BCUT2D eigenvalue weighted by atomic mass is 15.2. The van der Waals surface area contributed by atoms with Crippen LogP contribution >= 0.6 is 0 Å². The zero-order valence-electron chi connectivity index (χ0n) is 8.59. The van der Waals surface area contributed by atoms with Crippen LogP contribution in [0.4, 0.5) is 0 Å². The fourth-order valence-corrected chi connectivity index (χ4v) is 2.06. The van der Waals surface area contributed by atoms with E-state index in [1.807, 2.05) is 0 Å². The van der Waals surface area contributed by atoms with Crippen LogP contribution in [0, 0.1) is 5.92 Å². The van der Waals surface area contributed by atoms with Crippen molar-refractivity contribution < 1.29 is 0 Å². The van der Waals surface area contributed by atoms with Crippen molar-refractivity contribution in [2.24, 2.45) is 11.7 Å². The smallest absolute Gasteiger partial charge is 0.0249 e. The van der Waals surface area contributed by atoms with E-state index in [4.69, 9.17) is 5.73 Å². The van der Waals surface area contributed by atoms with Gasteiger partial charge in [-0.1, -0.05) is 6.92 Å². The number of hydrogen-bond acceptors (Lipinski definition) is 2. The third-order valence-corrected chi connectivity index (χ3v) is 2.86. The lowest BCUT2D eigenvalue weighted by atomic mass is 10.1. The number of nitrogens with zero attached hydrogens (tertiary/aromatic N) is 1. The van der Waals surface area contributed by atoms with Crippen molar-refractivity contribution in [1.29, 1.82) is 0 Å².